The van der Waals surface area contributed by atoms with Gasteiger partial charge in [0.2, 0.25) is 0 Å². The zero-order chi connectivity index (χ0) is 64.3. The van der Waals surface area contributed by atoms with E-state index >= 15 is 0 Å². The van der Waals surface area contributed by atoms with Crippen molar-refractivity contribution in [2.45, 2.75) is 208 Å². The number of aryl methyl sites for hydroxylation is 14. The molecule has 0 saturated heterocycles. The summed E-state index contributed by atoms with van der Waals surface area (Å²) in [6, 6.07) is 26.7. The smallest absolute Gasteiger partial charge is 0.0377 e. The Labute approximate surface area is 537 Å². The van der Waals surface area contributed by atoms with E-state index in [1.807, 2.05) is 151 Å². The molecule has 0 N–H and O–H groups in total. The van der Waals surface area contributed by atoms with E-state index in [2.05, 4.69) is 230 Å². The first kappa shape index (κ1) is 77.1. The lowest BCUT2D eigenvalue weighted by Gasteiger charge is -2.10. The van der Waals surface area contributed by atoms with Gasteiger partial charge in [0.15, 0.2) is 0 Å². The van der Waals surface area contributed by atoms with Crippen LogP contribution in [0.5, 0.6) is 0 Å². The Kier molecular flexibility index (Phi) is 35.8. The molecule has 0 amide bonds. The van der Waals surface area contributed by atoms with Crippen LogP contribution in [0.2, 0.25) is 0 Å². The van der Waals surface area contributed by atoms with Gasteiger partial charge in [0.05, 0.1) is 0 Å². The second-order valence-electron chi connectivity index (χ2n) is 19.7. The van der Waals surface area contributed by atoms with Crippen molar-refractivity contribution in [2.24, 2.45) is 0 Å². The van der Waals surface area contributed by atoms with E-state index in [-0.39, 0.29) is 0 Å². The molecule has 0 radical (unpaired) electrons. The molecule has 0 aliphatic carbocycles. The summed E-state index contributed by atoms with van der Waals surface area (Å²) >= 11 is 11.0. The number of hydrogen-bond donors (Lipinski definition) is 0. The zero-order valence-corrected chi connectivity index (χ0v) is 62.7. The van der Waals surface area contributed by atoms with E-state index in [0.717, 1.165) is 0 Å². The summed E-state index contributed by atoms with van der Waals surface area (Å²) in [7, 11) is 0. The van der Waals surface area contributed by atoms with Crippen molar-refractivity contribution >= 4 is 129 Å². The molecule has 6 aromatic carbocycles. The van der Waals surface area contributed by atoms with E-state index in [9.17, 15) is 0 Å². The molecule has 0 aliphatic rings. The molecule has 456 valence electrons. The van der Waals surface area contributed by atoms with E-state index in [0.29, 0.717) is 0 Å². The Morgan fingerprint density at radius 3 is 0.905 bits per heavy atom. The van der Waals surface area contributed by atoms with Gasteiger partial charge in [-0.25, -0.2) is 0 Å². The fraction of sp³-hybridized carbons (Fsp3) is 0.385. The number of hydrogen-bond acceptors (Lipinski definition) is 6. The van der Waals surface area contributed by atoms with Gasteiger partial charge in [0.25, 0.3) is 0 Å². The Bertz CT molecular complexity index is 3600. The van der Waals surface area contributed by atoms with Gasteiger partial charge in [-0.1, -0.05) is 119 Å². The van der Waals surface area contributed by atoms with Crippen LogP contribution in [0.4, 0.5) is 0 Å². The maximum absolute atomic E-state index is 2.27. The van der Waals surface area contributed by atoms with Gasteiger partial charge in [0.1, 0.15) is 0 Å². The molecule has 12 rings (SSSR count). The fourth-order valence-electron chi connectivity index (χ4n) is 9.48. The molecule has 0 atom stereocenters. The Hall–Kier alpha value is -4.92. The molecule has 6 heterocycles. The van der Waals surface area contributed by atoms with Crippen molar-refractivity contribution in [3.05, 3.63) is 205 Å². The molecule has 0 fully saturated rings. The molecular formula is C78H108S6. The van der Waals surface area contributed by atoms with Crippen molar-refractivity contribution in [3.63, 3.8) is 0 Å². The third kappa shape index (κ3) is 19.3. The topological polar surface area (TPSA) is 0 Å². The molecular weight excluding hydrogens is 1130 g/mol. The second-order valence-corrected chi connectivity index (χ2v) is 25.2. The van der Waals surface area contributed by atoms with Crippen LogP contribution in [0.15, 0.2) is 105 Å². The van der Waals surface area contributed by atoms with Gasteiger partial charge in [0, 0.05) is 28.2 Å². The van der Waals surface area contributed by atoms with Crippen LogP contribution in [-0.2, 0) is 0 Å². The van der Waals surface area contributed by atoms with E-state index in [4.69, 9.17) is 0 Å². The van der Waals surface area contributed by atoms with Crippen LogP contribution < -0.4 is 0 Å². The highest BCUT2D eigenvalue weighted by Gasteiger charge is 2.10. The largest absolute Gasteiger partial charge is 0.144 e. The number of thiophene rings is 6. The first-order valence-corrected chi connectivity index (χ1v) is 36.1. The molecule has 0 bridgehead atoms. The predicted molar refractivity (Wildman–Crippen MR) is 404 cm³/mol. The van der Waals surface area contributed by atoms with Crippen molar-refractivity contribution in [1.82, 2.24) is 0 Å². The van der Waals surface area contributed by atoms with Gasteiger partial charge < -0.3 is 0 Å². The third-order valence-corrected chi connectivity index (χ3v) is 21.4. The van der Waals surface area contributed by atoms with Gasteiger partial charge in [-0.2, -0.15) is 0 Å². The van der Waals surface area contributed by atoms with Crippen LogP contribution in [0.3, 0.4) is 0 Å². The van der Waals surface area contributed by atoms with Crippen molar-refractivity contribution in [1.29, 1.82) is 0 Å². The first-order valence-electron chi connectivity index (χ1n) is 30.8. The number of fused-ring (bicyclic) bond motifs is 6. The molecule has 84 heavy (non-hydrogen) atoms. The van der Waals surface area contributed by atoms with Gasteiger partial charge in [-0.3, -0.25) is 0 Å². The highest BCUT2D eigenvalue weighted by molar-refractivity contribution is 7.19. The normalized spacial score (nSPS) is 9.79. The lowest BCUT2D eigenvalue weighted by molar-refractivity contribution is 1.26. The standard InChI is InChI=1S/C12H14S.4C11H12S.C10H10S.6C2H6/c1-7-8(2)10(4)12-11(9(7)3)5-6-13-12;2*1-7-6-10-4-5-12-11(10)9(3)8(7)2;1-7-6-8(2)11-10(9(7)3)4-5-12-11;1-7-6-8(2)10-4-5-12-11(10)9(7)3;1-7-3-4-8(2)10-9(7)5-6-11-10;6*1-2/h5-6H,1-4H3;4*4-6H,1-3H3;3-6H,1-2H3;6*1-2H3. The van der Waals surface area contributed by atoms with Crippen LogP contribution in [0.25, 0.3) is 60.5 Å². The summed E-state index contributed by atoms with van der Waals surface area (Å²) < 4.78 is 8.67. The summed E-state index contributed by atoms with van der Waals surface area (Å²) in [5.74, 6) is 0. The molecule has 0 nitrogen and oxygen atoms in total. The maximum Gasteiger partial charge on any atom is 0.0377 e. The minimum Gasteiger partial charge on any atom is -0.144 e. The first-order chi connectivity index (χ1) is 40.2. The van der Waals surface area contributed by atoms with E-state index in [1.54, 1.807) is 0 Å². The maximum atomic E-state index is 2.27. The Morgan fingerprint density at radius 1 is 0.179 bits per heavy atom. The summed E-state index contributed by atoms with van der Waals surface area (Å²) in [6.07, 6.45) is 0. The molecule has 6 heteroatoms. The van der Waals surface area contributed by atoms with Gasteiger partial charge in [-0.15, -0.1) is 68.0 Å². The highest BCUT2D eigenvalue weighted by atomic mass is 32.1. The van der Waals surface area contributed by atoms with Gasteiger partial charge >= 0.3 is 0 Å². The highest BCUT2D eigenvalue weighted by Crippen LogP contribution is 2.35. The summed E-state index contributed by atoms with van der Waals surface area (Å²) in [4.78, 5) is 0. The quantitative estimate of drug-likeness (QED) is 0.142. The molecule has 0 saturated carbocycles. The lowest BCUT2D eigenvalue weighted by Crippen LogP contribution is -1.90. The van der Waals surface area contributed by atoms with Crippen LogP contribution in [0.1, 0.15) is 183 Å². The number of benzene rings is 6. The number of rotatable bonds is 0. The van der Waals surface area contributed by atoms with Gasteiger partial charge in [-0.05, 0) is 326 Å². The predicted octanol–water partition coefficient (Wildman–Crippen LogP) is 29.1. The third-order valence-electron chi connectivity index (χ3n) is 15.2. The molecule has 12 aromatic rings. The van der Waals surface area contributed by atoms with Crippen LogP contribution >= 0.6 is 68.0 Å². The average Bonchev–Trinajstić information content (AvgIpc) is 4.50. The summed E-state index contributed by atoms with van der Waals surface area (Å²) in [5.41, 5.74) is 25.6. The van der Waals surface area contributed by atoms with E-state index in [1.165, 1.54) is 161 Å². The Balaban J connectivity index is 0.000000486. The fourth-order valence-corrected chi connectivity index (χ4v) is 15.3. The zero-order valence-electron chi connectivity index (χ0n) is 57.8. The minimum atomic E-state index is 1.38. The average molecular weight is 1240 g/mol. The van der Waals surface area contributed by atoms with Crippen LogP contribution in [-0.4, -0.2) is 0 Å². The van der Waals surface area contributed by atoms with Crippen molar-refractivity contribution < 1.29 is 0 Å². The summed E-state index contributed by atoms with van der Waals surface area (Å²) in [6.45, 7) is 63.5. The second kappa shape index (κ2) is 39.0. The lowest BCUT2D eigenvalue weighted by atomic mass is 9.97. The molecule has 0 spiro atoms. The van der Waals surface area contributed by atoms with Crippen molar-refractivity contribution in [3.8, 4) is 0 Å². The SMILES string of the molecule is CC.CC.CC.CC.CC.CC.Cc1c(C)c(C)c2sccc2c1C.Cc1cc(C)c2ccsc2c1C.Cc1cc(C)c2sccc2c1C.Cc1cc2ccsc2c(C)c1C.Cc1cc2ccsc2c(C)c1C.Cc1ccc(C)c2sccc12. The van der Waals surface area contributed by atoms with E-state index < -0.39 is 0 Å². The monoisotopic (exact) mass is 1240 g/mol. The molecule has 6 aromatic heterocycles. The van der Waals surface area contributed by atoms with Crippen molar-refractivity contribution in [2.75, 3.05) is 0 Å². The molecule has 0 unspecified atom stereocenters. The van der Waals surface area contributed by atoms with Crippen LogP contribution in [0, 0.1) is 125 Å². The Morgan fingerprint density at radius 2 is 0.464 bits per heavy atom. The minimum absolute atomic E-state index is 1.38. The molecule has 0 aliphatic heterocycles. The summed E-state index contributed by atoms with van der Waals surface area (Å²) in [5, 5.41) is 21.5.